The van der Waals surface area contributed by atoms with Gasteiger partial charge in [-0.05, 0) is 12.6 Å². The zero-order valence-corrected chi connectivity index (χ0v) is 9.99. The van der Waals surface area contributed by atoms with Crippen LogP contribution in [0.3, 0.4) is 0 Å². The van der Waals surface area contributed by atoms with Crippen LogP contribution >= 0.6 is 0 Å². The van der Waals surface area contributed by atoms with Crippen molar-refractivity contribution in [2.24, 2.45) is 0 Å². The van der Waals surface area contributed by atoms with Crippen molar-refractivity contribution in [2.75, 3.05) is 27.3 Å². The van der Waals surface area contributed by atoms with Gasteiger partial charge in [0.2, 0.25) is 0 Å². The van der Waals surface area contributed by atoms with Crippen molar-refractivity contribution in [2.45, 2.75) is 13.0 Å². The summed E-state index contributed by atoms with van der Waals surface area (Å²) >= 11 is 0. The Balaban J connectivity index is 2.93. The van der Waals surface area contributed by atoms with Crippen LogP contribution in [0, 0.1) is 0 Å². The number of para-hydroxylation sites is 1. The van der Waals surface area contributed by atoms with Crippen molar-refractivity contribution in [3.63, 3.8) is 0 Å². The second-order valence-corrected chi connectivity index (χ2v) is 3.41. The van der Waals surface area contributed by atoms with Gasteiger partial charge in [0.1, 0.15) is 0 Å². The summed E-state index contributed by atoms with van der Waals surface area (Å²) in [4.78, 5) is 0. The highest BCUT2D eigenvalue weighted by Gasteiger charge is 2.16. The number of ether oxygens (including phenoxy) is 2. The number of likely N-dealkylation sites (N-methyl/N-ethyl adjacent to an activating group) is 1. The van der Waals surface area contributed by atoms with E-state index in [0.29, 0.717) is 18.0 Å². The number of benzene rings is 1. The maximum absolute atomic E-state index is 9.99. The number of nitrogens with one attached hydrogen (secondary N) is 1. The minimum absolute atomic E-state index is 0.500. The minimum Gasteiger partial charge on any atom is -0.493 e. The lowest BCUT2D eigenvalue weighted by molar-refractivity contribution is 0.170. The van der Waals surface area contributed by atoms with Crippen molar-refractivity contribution in [3.05, 3.63) is 23.8 Å². The Kier molecular flexibility index (Phi) is 5.08. The van der Waals surface area contributed by atoms with E-state index in [0.717, 1.165) is 12.1 Å². The number of hydrogen-bond acceptors (Lipinski definition) is 4. The molecule has 4 nitrogen and oxygen atoms in total. The molecule has 0 spiro atoms. The van der Waals surface area contributed by atoms with Crippen LogP contribution in [-0.2, 0) is 0 Å². The Morgan fingerprint density at radius 3 is 2.62 bits per heavy atom. The summed E-state index contributed by atoms with van der Waals surface area (Å²) in [5.41, 5.74) is 0.739. The number of methoxy groups -OCH3 is 2. The van der Waals surface area contributed by atoms with Gasteiger partial charge in [0, 0.05) is 12.1 Å². The van der Waals surface area contributed by atoms with E-state index < -0.39 is 6.10 Å². The standard InChI is InChI=1S/C12H19NO3/c1-4-13-8-10(14)9-6-5-7-11(15-2)12(9)16-3/h5-7,10,13-14H,4,8H2,1-3H3. The molecule has 1 aromatic rings. The highest BCUT2D eigenvalue weighted by molar-refractivity contribution is 5.47. The zero-order valence-electron chi connectivity index (χ0n) is 9.99. The largest absolute Gasteiger partial charge is 0.493 e. The monoisotopic (exact) mass is 225 g/mol. The molecule has 0 fully saturated rings. The van der Waals surface area contributed by atoms with Gasteiger partial charge < -0.3 is 19.9 Å². The molecule has 1 atom stereocenters. The van der Waals surface area contributed by atoms with Crippen LogP contribution in [0.25, 0.3) is 0 Å². The fraction of sp³-hybridized carbons (Fsp3) is 0.500. The van der Waals surface area contributed by atoms with E-state index in [1.165, 1.54) is 0 Å². The van der Waals surface area contributed by atoms with Gasteiger partial charge in [0.05, 0.1) is 20.3 Å². The summed E-state index contributed by atoms with van der Waals surface area (Å²) in [6, 6.07) is 5.48. The molecule has 0 heterocycles. The molecule has 0 aliphatic heterocycles. The van der Waals surface area contributed by atoms with E-state index in [9.17, 15) is 5.11 Å². The number of aliphatic hydroxyl groups excluding tert-OH is 1. The average molecular weight is 225 g/mol. The molecule has 0 amide bonds. The molecule has 1 aromatic carbocycles. The van der Waals surface area contributed by atoms with E-state index in [-0.39, 0.29) is 0 Å². The predicted molar refractivity (Wildman–Crippen MR) is 63.0 cm³/mol. The lowest BCUT2D eigenvalue weighted by Gasteiger charge is -2.17. The lowest BCUT2D eigenvalue weighted by Crippen LogP contribution is -2.21. The predicted octanol–water partition coefficient (Wildman–Crippen LogP) is 1.35. The molecule has 0 saturated heterocycles. The fourth-order valence-corrected chi connectivity index (χ4v) is 1.57. The Morgan fingerprint density at radius 1 is 1.31 bits per heavy atom. The van der Waals surface area contributed by atoms with E-state index in [1.54, 1.807) is 14.2 Å². The second kappa shape index (κ2) is 6.35. The maximum atomic E-state index is 9.99. The Bertz CT molecular complexity index is 328. The normalized spacial score (nSPS) is 12.2. The summed E-state index contributed by atoms with van der Waals surface area (Å²) in [6.45, 7) is 3.32. The van der Waals surface area contributed by atoms with Gasteiger partial charge in [-0.1, -0.05) is 19.1 Å². The summed E-state index contributed by atoms with van der Waals surface area (Å²) in [5, 5.41) is 13.1. The summed E-state index contributed by atoms with van der Waals surface area (Å²) < 4.78 is 10.4. The first kappa shape index (κ1) is 12.8. The number of hydrogen-bond donors (Lipinski definition) is 2. The van der Waals surface area contributed by atoms with Crippen molar-refractivity contribution in [3.8, 4) is 11.5 Å². The molecule has 90 valence electrons. The third-order valence-electron chi connectivity index (χ3n) is 2.38. The molecule has 1 unspecified atom stereocenters. The van der Waals surface area contributed by atoms with Crippen molar-refractivity contribution in [1.82, 2.24) is 5.32 Å². The molecule has 4 heteroatoms. The second-order valence-electron chi connectivity index (χ2n) is 3.41. The van der Waals surface area contributed by atoms with Gasteiger partial charge in [-0.2, -0.15) is 0 Å². The van der Waals surface area contributed by atoms with Gasteiger partial charge in [0.15, 0.2) is 11.5 Å². The molecule has 0 aliphatic rings. The SMILES string of the molecule is CCNCC(O)c1cccc(OC)c1OC. The number of rotatable bonds is 6. The smallest absolute Gasteiger partial charge is 0.166 e. The van der Waals surface area contributed by atoms with Crippen molar-refractivity contribution < 1.29 is 14.6 Å². The third kappa shape index (κ3) is 2.87. The minimum atomic E-state index is -0.593. The average Bonchev–Trinajstić information content (AvgIpc) is 2.34. The van der Waals surface area contributed by atoms with Crippen LogP contribution in [0.1, 0.15) is 18.6 Å². The topological polar surface area (TPSA) is 50.7 Å². The van der Waals surface area contributed by atoms with Crippen LogP contribution in [0.5, 0.6) is 11.5 Å². The van der Waals surface area contributed by atoms with E-state index in [2.05, 4.69) is 5.32 Å². The first-order chi connectivity index (χ1) is 7.74. The molecule has 0 saturated carbocycles. The Hall–Kier alpha value is -1.26. The van der Waals surface area contributed by atoms with Crippen molar-refractivity contribution >= 4 is 0 Å². The highest BCUT2D eigenvalue weighted by Crippen LogP contribution is 2.34. The molecule has 1 rings (SSSR count). The summed E-state index contributed by atoms with van der Waals surface area (Å²) in [7, 11) is 3.15. The number of aliphatic hydroxyl groups is 1. The van der Waals surface area contributed by atoms with E-state index >= 15 is 0 Å². The maximum Gasteiger partial charge on any atom is 0.166 e. The van der Waals surface area contributed by atoms with E-state index in [1.807, 2.05) is 25.1 Å². The van der Waals surface area contributed by atoms with Crippen molar-refractivity contribution in [1.29, 1.82) is 0 Å². The van der Waals surface area contributed by atoms with Crippen LogP contribution in [0.15, 0.2) is 18.2 Å². The van der Waals surface area contributed by atoms with Gasteiger partial charge in [-0.25, -0.2) is 0 Å². The molecule has 16 heavy (non-hydrogen) atoms. The quantitative estimate of drug-likeness (QED) is 0.767. The molecular weight excluding hydrogens is 206 g/mol. The fourth-order valence-electron chi connectivity index (χ4n) is 1.57. The highest BCUT2D eigenvalue weighted by atomic mass is 16.5. The molecule has 0 aromatic heterocycles. The molecular formula is C12H19NO3. The Labute approximate surface area is 96.2 Å². The zero-order chi connectivity index (χ0) is 12.0. The first-order valence-corrected chi connectivity index (χ1v) is 5.34. The lowest BCUT2D eigenvalue weighted by atomic mass is 10.1. The van der Waals surface area contributed by atoms with Crippen LogP contribution < -0.4 is 14.8 Å². The van der Waals surface area contributed by atoms with Gasteiger partial charge in [0.25, 0.3) is 0 Å². The first-order valence-electron chi connectivity index (χ1n) is 5.34. The van der Waals surface area contributed by atoms with Crippen LogP contribution in [-0.4, -0.2) is 32.4 Å². The molecule has 0 aliphatic carbocycles. The third-order valence-corrected chi connectivity index (χ3v) is 2.38. The van der Waals surface area contributed by atoms with Crippen LogP contribution in [0.4, 0.5) is 0 Å². The summed E-state index contributed by atoms with van der Waals surface area (Å²) in [6.07, 6.45) is -0.593. The van der Waals surface area contributed by atoms with E-state index in [4.69, 9.17) is 9.47 Å². The van der Waals surface area contributed by atoms with Crippen LogP contribution in [0.2, 0.25) is 0 Å². The molecule has 0 bridgehead atoms. The van der Waals surface area contributed by atoms with Gasteiger partial charge >= 0.3 is 0 Å². The molecule has 2 N–H and O–H groups in total. The van der Waals surface area contributed by atoms with Gasteiger partial charge in [-0.15, -0.1) is 0 Å². The summed E-state index contributed by atoms with van der Waals surface area (Å²) in [5.74, 6) is 1.23. The Morgan fingerprint density at radius 2 is 2.06 bits per heavy atom. The molecule has 0 radical (unpaired) electrons. The van der Waals surface area contributed by atoms with Gasteiger partial charge in [-0.3, -0.25) is 0 Å².